The van der Waals surface area contributed by atoms with Crippen molar-refractivity contribution < 1.29 is 4.79 Å². The van der Waals surface area contributed by atoms with Crippen molar-refractivity contribution in [2.24, 2.45) is 10.9 Å². The third kappa shape index (κ3) is 6.67. The Bertz CT molecular complexity index is 606. The number of anilines is 1. The first-order chi connectivity index (χ1) is 12.5. The van der Waals surface area contributed by atoms with Gasteiger partial charge in [0.25, 0.3) is 0 Å². The lowest BCUT2D eigenvalue weighted by Gasteiger charge is -2.33. The van der Waals surface area contributed by atoms with Gasteiger partial charge in [-0.3, -0.25) is 4.79 Å². The van der Waals surface area contributed by atoms with E-state index in [-0.39, 0.29) is 5.91 Å². The molecule has 26 heavy (non-hydrogen) atoms. The molecular weight excluding hydrogens is 326 g/mol. The summed E-state index contributed by atoms with van der Waals surface area (Å²) in [6.45, 7) is 8.39. The Labute approximate surface area is 157 Å². The molecule has 0 unspecified atom stereocenters. The second-order valence-electron chi connectivity index (χ2n) is 7.33. The summed E-state index contributed by atoms with van der Waals surface area (Å²) >= 11 is 0. The molecule has 2 rings (SSSR count). The molecule has 1 fully saturated rings. The van der Waals surface area contributed by atoms with Crippen molar-refractivity contribution in [3.8, 4) is 0 Å². The third-order valence-corrected chi connectivity index (χ3v) is 4.50. The molecule has 1 saturated heterocycles. The summed E-state index contributed by atoms with van der Waals surface area (Å²) in [6, 6.07) is 7.93. The maximum atomic E-state index is 11.9. The lowest BCUT2D eigenvalue weighted by Crippen LogP contribution is -2.45. The number of benzene rings is 1. The molecule has 0 bridgehead atoms. The van der Waals surface area contributed by atoms with Gasteiger partial charge in [0.1, 0.15) is 0 Å². The van der Waals surface area contributed by atoms with Gasteiger partial charge in [0, 0.05) is 25.3 Å². The second kappa shape index (κ2) is 10.2. The summed E-state index contributed by atoms with van der Waals surface area (Å²) in [6.07, 6.45) is 2.44. The highest BCUT2D eigenvalue weighted by Crippen LogP contribution is 2.17. The number of hydrogen-bond donors (Lipinski definition) is 2. The van der Waals surface area contributed by atoms with Crippen molar-refractivity contribution in [1.82, 2.24) is 15.1 Å². The molecule has 0 spiro atoms. The zero-order valence-electron chi connectivity index (χ0n) is 16.6. The molecule has 2 N–H and O–H groups in total. The van der Waals surface area contributed by atoms with Gasteiger partial charge < -0.3 is 20.4 Å². The number of guanidine groups is 1. The zero-order valence-corrected chi connectivity index (χ0v) is 16.6. The zero-order chi connectivity index (χ0) is 18.9. The smallest absolute Gasteiger partial charge is 0.238 e. The van der Waals surface area contributed by atoms with Crippen LogP contribution in [0.15, 0.2) is 29.3 Å². The number of aliphatic imine (C=N–C) groups is 1. The summed E-state index contributed by atoms with van der Waals surface area (Å²) in [5.74, 6) is 1.78. The van der Waals surface area contributed by atoms with Crippen LogP contribution >= 0.6 is 0 Å². The van der Waals surface area contributed by atoms with Crippen LogP contribution in [0.1, 0.15) is 32.3 Å². The van der Waals surface area contributed by atoms with E-state index in [4.69, 9.17) is 4.99 Å². The Morgan fingerprint density at radius 1 is 1.31 bits per heavy atom. The highest BCUT2D eigenvalue weighted by molar-refractivity contribution is 5.92. The molecule has 1 amide bonds. The lowest BCUT2D eigenvalue weighted by molar-refractivity contribution is -0.116. The standard InChI is InChI=1S/C20H33N5O/c1-5-21-20(25-11-9-16(2)10-12-25)22-14-17-7-6-8-18(13-17)23-19(26)15-24(3)4/h6-8,13,16H,5,9-12,14-15H2,1-4H3,(H,21,22)(H,23,26). The number of amides is 1. The van der Waals surface area contributed by atoms with Crippen molar-refractivity contribution in [3.05, 3.63) is 29.8 Å². The van der Waals surface area contributed by atoms with Gasteiger partial charge in [-0.1, -0.05) is 19.1 Å². The maximum Gasteiger partial charge on any atom is 0.238 e. The molecule has 0 saturated carbocycles. The molecule has 0 radical (unpaired) electrons. The first-order valence-electron chi connectivity index (χ1n) is 9.54. The lowest BCUT2D eigenvalue weighted by atomic mass is 10.00. The van der Waals surface area contributed by atoms with Crippen LogP contribution < -0.4 is 10.6 Å². The van der Waals surface area contributed by atoms with E-state index in [0.29, 0.717) is 13.1 Å². The summed E-state index contributed by atoms with van der Waals surface area (Å²) in [5.41, 5.74) is 1.91. The largest absolute Gasteiger partial charge is 0.357 e. The number of rotatable bonds is 6. The van der Waals surface area contributed by atoms with E-state index in [9.17, 15) is 4.79 Å². The summed E-state index contributed by atoms with van der Waals surface area (Å²) < 4.78 is 0. The minimum Gasteiger partial charge on any atom is -0.357 e. The van der Waals surface area contributed by atoms with Gasteiger partial charge in [-0.2, -0.15) is 0 Å². The van der Waals surface area contributed by atoms with E-state index in [0.717, 1.165) is 42.8 Å². The Morgan fingerprint density at radius 2 is 2.04 bits per heavy atom. The van der Waals surface area contributed by atoms with Gasteiger partial charge in [0.2, 0.25) is 5.91 Å². The average molecular weight is 360 g/mol. The quantitative estimate of drug-likeness (QED) is 0.605. The van der Waals surface area contributed by atoms with E-state index in [2.05, 4.69) is 29.4 Å². The van der Waals surface area contributed by atoms with Gasteiger partial charge in [0.05, 0.1) is 13.1 Å². The molecule has 1 aromatic rings. The monoisotopic (exact) mass is 359 g/mol. The Hall–Kier alpha value is -2.08. The predicted octanol–water partition coefficient (Wildman–Crippen LogP) is 2.38. The van der Waals surface area contributed by atoms with Crippen molar-refractivity contribution in [3.63, 3.8) is 0 Å². The SMILES string of the molecule is CCNC(=NCc1cccc(NC(=O)CN(C)C)c1)N1CCC(C)CC1. The van der Waals surface area contributed by atoms with E-state index >= 15 is 0 Å². The number of hydrogen-bond acceptors (Lipinski definition) is 3. The molecule has 1 aliphatic heterocycles. The number of piperidine rings is 1. The van der Waals surface area contributed by atoms with Gasteiger partial charge in [-0.05, 0) is 57.5 Å². The Morgan fingerprint density at radius 3 is 2.69 bits per heavy atom. The highest BCUT2D eigenvalue weighted by Gasteiger charge is 2.18. The molecule has 1 aromatic carbocycles. The summed E-state index contributed by atoms with van der Waals surface area (Å²) in [4.78, 5) is 20.9. The summed E-state index contributed by atoms with van der Waals surface area (Å²) in [7, 11) is 3.77. The number of likely N-dealkylation sites (tertiary alicyclic amines) is 1. The fourth-order valence-corrected chi connectivity index (χ4v) is 3.05. The molecule has 0 atom stereocenters. The van der Waals surface area contributed by atoms with E-state index in [1.165, 1.54) is 12.8 Å². The third-order valence-electron chi connectivity index (χ3n) is 4.50. The Balaban J connectivity index is 2.00. The molecule has 6 nitrogen and oxygen atoms in total. The first-order valence-corrected chi connectivity index (χ1v) is 9.54. The Kier molecular flexibility index (Phi) is 7.91. The van der Waals surface area contributed by atoms with Crippen LogP contribution in [0.25, 0.3) is 0 Å². The minimum atomic E-state index is -0.00794. The van der Waals surface area contributed by atoms with Crippen molar-refractivity contribution in [1.29, 1.82) is 0 Å². The van der Waals surface area contributed by atoms with Gasteiger partial charge in [0.15, 0.2) is 5.96 Å². The van der Waals surface area contributed by atoms with Crippen molar-refractivity contribution >= 4 is 17.6 Å². The number of nitrogens with one attached hydrogen (secondary N) is 2. The highest BCUT2D eigenvalue weighted by atomic mass is 16.2. The second-order valence-corrected chi connectivity index (χ2v) is 7.33. The van der Waals surface area contributed by atoms with Gasteiger partial charge >= 0.3 is 0 Å². The molecule has 0 aliphatic carbocycles. The van der Waals surface area contributed by atoms with Crippen LogP contribution in [-0.4, -0.2) is 61.9 Å². The predicted molar refractivity (Wildman–Crippen MR) is 108 cm³/mol. The van der Waals surface area contributed by atoms with E-state index in [1.807, 2.05) is 43.3 Å². The molecule has 144 valence electrons. The van der Waals surface area contributed by atoms with Gasteiger partial charge in [-0.25, -0.2) is 4.99 Å². The fraction of sp³-hybridized carbons (Fsp3) is 0.600. The maximum absolute atomic E-state index is 11.9. The fourth-order valence-electron chi connectivity index (χ4n) is 3.05. The van der Waals surface area contributed by atoms with Crippen LogP contribution in [0.3, 0.4) is 0 Å². The molecule has 0 aromatic heterocycles. The molecule has 1 aliphatic rings. The van der Waals surface area contributed by atoms with Crippen LogP contribution in [0.2, 0.25) is 0 Å². The molecular formula is C20H33N5O. The van der Waals surface area contributed by atoms with Crippen LogP contribution in [0.5, 0.6) is 0 Å². The van der Waals surface area contributed by atoms with Crippen LogP contribution in [0.4, 0.5) is 5.69 Å². The van der Waals surface area contributed by atoms with Gasteiger partial charge in [-0.15, -0.1) is 0 Å². The van der Waals surface area contributed by atoms with Crippen LogP contribution in [0, 0.1) is 5.92 Å². The van der Waals surface area contributed by atoms with Crippen LogP contribution in [-0.2, 0) is 11.3 Å². The number of nitrogens with zero attached hydrogens (tertiary/aromatic N) is 3. The number of carbonyl (C=O) groups is 1. The van der Waals surface area contributed by atoms with E-state index in [1.54, 1.807) is 0 Å². The number of carbonyl (C=O) groups excluding carboxylic acids is 1. The van der Waals surface area contributed by atoms with E-state index < -0.39 is 0 Å². The topological polar surface area (TPSA) is 60.0 Å². The summed E-state index contributed by atoms with van der Waals surface area (Å²) in [5, 5.41) is 6.35. The average Bonchev–Trinajstić information content (AvgIpc) is 2.59. The normalized spacial score (nSPS) is 16.0. The van der Waals surface area contributed by atoms with Crippen molar-refractivity contribution in [2.75, 3.05) is 45.6 Å². The molecule has 1 heterocycles. The van der Waals surface area contributed by atoms with Crippen molar-refractivity contribution in [2.45, 2.75) is 33.2 Å². The molecule has 6 heteroatoms. The minimum absolute atomic E-state index is 0.00794. The number of likely N-dealkylation sites (N-methyl/N-ethyl adjacent to an activating group) is 1. The first kappa shape index (κ1) is 20.2.